The average molecular weight is 228 g/mol. The maximum atomic E-state index is 8.85. The van der Waals surface area contributed by atoms with E-state index >= 15 is 0 Å². The van der Waals surface area contributed by atoms with Crippen LogP contribution in [0.3, 0.4) is 0 Å². The molecule has 15 heavy (non-hydrogen) atoms. The van der Waals surface area contributed by atoms with E-state index in [0.717, 1.165) is 10.6 Å². The standard InChI is InChI=1S/C11H16O3S/c1-13-9-5-3-4-6-10(9)15-11(14-2)7-8-12/h3-6,11-12H,7-8H2,1-2H3/t11-/m0/s1. The van der Waals surface area contributed by atoms with Gasteiger partial charge in [-0.25, -0.2) is 0 Å². The van der Waals surface area contributed by atoms with Gasteiger partial charge in [-0.05, 0) is 12.1 Å². The van der Waals surface area contributed by atoms with E-state index in [1.807, 2.05) is 24.3 Å². The summed E-state index contributed by atoms with van der Waals surface area (Å²) in [6.45, 7) is 0.126. The maximum Gasteiger partial charge on any atom is 0.132 e. The fourth-order valence-electron chi connectivity index (χ4n) is 1.19. The molecule has 0 spiro atoms. The van der Waals surface area contributed by atoms with Crippen molar-refractivity contribution in [2.24, 2.45) is 0 Å². The molecule has 0 aliphatic carbocycles. The van der Waals surface area contributed by atoms with E-state index in [2.05, 4.69) is 0 Å². The predicted molar refractivity (Wildman–Crippen MR) is 61.4 cm³/mol. The topological polar surface area (TPSA) is 38.7 Å². The maximum absolute atomic E-state index is 8.85. The highest BCUT2D eigenvalue weighted by Gasteiger charge is 2.11. The second-order valence-electron chi connectivity index (χ2n) is 2.95. The highest BCUT2D eigenvalue weighted by atomic mass is 32.2. The Morgan fingerprint density at radius 3 is 2.67 bits per heavy atom. The highest BCUT2D eigenvalue weighted by molar-refractivity contribution is 7.99. The molecule has 84 valence electrons. The van der Waals surface area contributed by atoms with Crippen molar-refractivity contribution in [3.8, 4) is 5.75 Å². The molecule has 0 saturated carbocycles. The molecule has 0 saturated heterocycles. The molecule has 1 atom stereocenters. The van der Waals surface area contributed by atoms with Crippen LogP contribution < -0.4 is 4.74 Å². The summed E-state index contributed by atoms with van der Waals surface area (Å²) in [4.78, 5) is 1.03. The molecule has 0 radical (unpaired) electrons. The summed E-state index contributed by atoms with van der Waals surface area (Å²) >= 11 is 1.56. The number of aliphatic hydroxyl groups excluding tert-OH is 1. The van der Waals surface area contributed by atoms with Gasteiger partial charge in [0.25, 0.3) is 0 Å². The zero-order valence-corrected chi connectivity index (χ0v) is 9.79. The van der Waals surface area contributed by atoms with Crippen LogP contribution in [-0.4, -0.2) is 31.4 Å². The lowest BCUT2D eigenvalue weighted by Crippen LogP contribution is -2.07. The number of benzene rings is 1. The number of hydrogen-bond acceptors (Lipinski definition) is 4. The van der Waals surface area contributed by atoms with Crippen molar-refractivity contribution in [3.05, 3.63) is 24.3 Å². The SMILES string of the molecule is COc1ccccc1S[C@@H](CCO)OC. The quantitative estimate of drug-likeness (QED) is 0.598. The Labute approximate surface area is 94.4 Å². The fraction of sp³-hybridized carbons (Fsp3) is 0.455. The Kier molecular flexibility index (Phi) is 5.53. The van der Waals surface area contributed by atoms with Crippen molar-refractivity contribution in [1.29, 1.82) is 0 Å². The first-order chi connectivity index (χ1) is 7.31. The third-order valence-electron chi connectivity index (χ3n) is 1.96. The van der Waals surface area contributed by atoms with Gasteiger partial charge in [-0.15, -0.1) is 0 Å². The molecule has 0 unspecified atom stereocenters. The van der Waals surface area contributed by atoms with Gasteiger partial charge < -0.3 is 14.6 Å². The number of methoxy groups -OCH3 is 2. The van der Waals surface area contributed by atoms with Crippen LogP contribution in [0.4, 0.5) is 0 Å². The third-order valence-corrected chi connectivity index (χ3v) is 3.24. The summed E-state index contributed by atoms with van der Waals surface area (Å²) < 4.78 is 10.5. The Balaban J connectivity index is 2.69. The van der Waals surface area contributed by atoms with Crippen molar-refractivity contribution in [2.75, 3.05) is 20.8 Å². The fourth-order valence-corrected chi connectivity index (χ4v) is 2.22. The van der Waals surface area contributed by atoms with Gasteiger partial charge in [0.15, 0.2) is 0 Å². The number of thioether (sulfide) groups is 1. The molecule has 3 nitrogen and oxygen atoms in total. The molecular formula is C11H16O3S. The highest BCUT2D eigenvalue weighted by Crippen LogP contribution is 2.33. The number of para-hydroxylation sites is 1. The van der Waals surface area contributed by atoms with Gasteiger partial charge in [0.1, 0.15) is 11.2 Å². The van der Waals surface area contributed by atoms with Crippen LogP contribution in [0.25, 0.3) is 0 Å². The number of hydrogen-bond donors (Lipinski definition) is 1. The zero-order chi connectivity index (χ0) is 11.1. The van der Waals surface area contributed by atoms with Gasteiger partial charge in [-0.2, -0.15) is 0 Å². The van der Waals surface area contributed by atoms with Gasteiger partial charge in [-0.3, -0.25) is 0 Å². The van der Waals surface area contributed by atoms with Gasteiger partial charge in [-0.1, -0.05) is 23.9 Å². The molecule has 4 heteroatoms. The van der Waals surface area contributed by atoms with E-state index in [-0.39, 0.29) is 12.0 Å². The Morgan fingerprint density at radius 2 is 2.07 bits per heavy atom. The smallest absolute Gasteiger partial charge is 0.132 e. The average Bonchev–Trinajstić information content (AvgIpc) is 2.29. The summed E-state index contributed by atoms with van der Waals surface area (Å²) in [6.07, 6.45) is 0.610. The normalized spacial score (nSPS) is 12.5. The molecular weight excluding hydrogens is 212 g/mol. The summed E-state index contributed by atoms with van der Waals surface area (Å²) in [5.41, 5.74) is -0.0358. The minimum atomic E-state index is -0.0358. The van der Waals surface area contributed by atoms with Crippen molar-refractivity contribution < 1.29 is 14.6 Å². The summed E-state index contributed by atoms with van der Waals surface area (Å²) in [5, 5.41) is 8.85. The first-order valence-corrected chi connectivity index (χ1v) is 5.63. The second-order valence-corrected chi connectivity index (χ2v) is 4.15. The van der Waals surface area contributed by atoms with E-state index in [1.54, 1.807) is 26.0 Å². The van der Waals surface area contributed by atoms with E-state index in [9.17, 15) is 0 Å². The lowest BCUT2D eigenvalue weighted by Gasteiger charge is -2.15. The Morgan fingerprint density at radius 1 is 1.33 bits per heavy atom. The van der Waals surface area contributed by atoms with E-state index in [1.165, 1.54) is 0 Å². The summed E-state index contributed by atoms with van der Waals surface area (Å²) in [6, 6.07) is 7.77. The van der Waals surface area contributed by atoms with Crippen LogP contribution in [0.15, 0.2) is 29.2 Å². The number of ether oxygens (including phenoxy) is 2. The predicted octanol–water partition coefficient (Wildman–Crippen LogP) is 2.14. The lowest BCUT2D eigenvalue weighted by molar-refractivity contribution is 0.141. The molecule has 0 aliphatic heterocycles. The Bertz CT molecular complexity index is 291. The first kappa shape index (κ1) is 12.4. The summed E-state index contributed by atoms with van der Waals surface area (Å²) in [5.74, 6) is 0.836. The van der Waals surface area contributed by atoms with Crippen LogP contribution >= 0.6 is 11.8 Å². The largest absolute Gasteiger partial charge is 0.496 e. The van der Waals surface area contributed by atoms with Crippen molar-refractivity contribution in [1.82, 2.24) is 0 Å². The van der Waals surface area contributed by atoms with E-state index < -0.39 is 0 Å². The van der Waals surface area contributed by atoms with Crippen LogP contribution in [0.2, 0.25) is 0 Å². The van der Waals surface area contributed by atoms with Crippen LogP contribution in [0.5, 0.6) is 5.75 Å². The van der Waals surface area contributed by atoms with Crippen molar-refractivity contribution in [2.45, 2.75) is 16.8 Å². The zero-order valence-electron chi connectivity index (χ0n) is 8.97. The van der Waals surface area contributed by atoms with Crippen molar-refractivity contribution >= 4 is 11.8 Å². The number of rotatable bonds is 6. The molecule has 0 heterocycles. The molecule has 0 bridgehead atoms. The minimum Gasteiger partial charge on any atom is -0.496 e. The monoisotopic (exact) mass is 228 g/mol. The molecule has 1 aromatic rings. The van der Waals surface area contributed by atoms with Gasteiger partial charge in [0, 0.05) is 20.1 Å². The van der Waals surface area contributed by atoms with Crippen LogP contribution in [0.1, 0.15) is 6.42 Å². The van der Waals surface area contributed by atoms with Crippen molar-refractivity contribution in [3.63, 3.8) is 0 Å². The molecule has 0 aliphatic rings. The van der Waals surface area contributed by atoms with Crippen LogP contribution in [0, 0.1) is 0 Å². The minimum absolute atomic E-state index is 0.0358. The van der Waals surface area contributed by atoms with E-state index in [4.69, 9.17) is 14.6 Å². The number of aliphatic hydroxyl groups is 1. The van der Waals surface area contributed by atoms with Crippen LogP contribution in [-0.2, 0) is 4.74 Å². The molecule has 1 N–H and O–H groups in total. The van der Waals surface area contributed by atoms with E-state index in [0.29, 0.717) is 6.42 Å². The lowest BCUT2D eigenvalue weighted by atomic mass is 10.3. The first-order valence-electron chi connectivity index (χ1n) is 4.75. The molecule has 1 aromatic carbocycles. The molecule has 0 amide bonds. The second kappa shape index (κ2) is 6.71. The summed E-state index contributed by atoms with van der Waals surface area (Å²) in [7, 11) is 3.29. The molecule has 1 rings (SSSR count). The third kappa shape index (κ3) is 3.74. The van der Waals surface area contributed by atoms with Gasteiger partial charge in [0.05, 0.1) is 12.0 Å². The Hall–Kier alpha value is -0.710. The molecule has 0 fully saturated rings. The van der Waals surface area contributed by atoms with Gasteiger partial charge in [0.2, 0.25) is 0 Å². The van der Waals surface area contributed by atoms with Gasteiger partial charge >= 0.3 is 0 Å². The molecule has 0 aromatic heterocycles.